The fourth-order valence-electron chi connectivity index (χ4n) is 2.45. The lowest BCUT2D eigenvalue weighted by atomic mass is 10.0. The second-order valence-corrected chi connectivity index (χ2v) is 4.99. The SMILES string of the molecule is Cc1ccccc1C(C)N[C@H](C)c1ccccc1F. The predicted molar refractivity (Wildman–Crippen MR) is 77.5 cm³/mol. The Bertz CT molecular complexity index is 501. The van der Waals surface area contributed by atoms with Crippen molar-refractivity contribution < 1.29 is 4.39 Å². The van der Waals surface area contributed by atoms with Crippen molar-refractivity contribution in [2.45, 2.75) is 32.9 Å². The number of hydrogen-bond donors (Lipinski definition) is 1. The summed E-state index contributed by atoms with van der Waals surface area (Å²) in [6.45, 7) is 6.20. The third-order valence-corrected chi connectivity index (χ3v) is 3.53. The molecule has 1 nitrogen and oxygen atoms in total. The summed E-state index contributed by atoms with van der Waals surface area (Å²) in [6, 6.07) is 15.4. The molecule has 0 heterocycles. The molecule has 0 aromatic heterocycles. The zero-order chi connectivity index (χ0) is 13.8. The van der Waals surface area contributed by atoms with Crippen LogP contribution in [0.2, 0.25) is 0 Å². The van der Waals surface area contributed by atoms with Crippen molar-refractivity contribution in [2.75, 3.05) is 0 Å². The van der Waals surface area contributed by atoms with Gasteiger partial charge in [-0.05, 0) is 38.0 Å². The van der Waals surface area contributed by atoms with Gasteiger partial charge < -0.3 is 5.32 Å². The molecule has 2 aromatic carbocycles. The summed E-state index contributed by atoms with van der Waals surface area (Å²) >= 11 is 0. The number of rotatable bonds is 4. The van der Waals surface area contributed by atoms with E-state index < -0.39 is 0 Å². The molecule has 2 rings (SSSR count). The first kappa shape index (κ1) is 13.8. The molecule has 19 heavy (non-hydrogen) atoms. The van der Waals surface area contributed by atoms with Crippen LogP contribution in [0.4, 0.5) is 4.39 Å². The van der Waals surface area contributed by atoms with Gasteiger partial charge in [0.25, 0.3) is 0 Å². The fourth-order valence-corrected chi connectivity index (χ4v) is 2.45. The Morgan fingerprint density at radius 3 is 2.00 bits per heavy atom. The van der Waals surface area contributed by atoms with E-state index in [-0.39, 0.29) is 17.9 Å². The minimum atomic E-state index is -0.153. The minimum absolute atomic E-state index is 0.0178. The highest BCUT2D eigenvalue weighted by atomic mass is 19.1. The highest BCUT2D eigenvalue weighted by molar-refractivity contribution is 5.29. The molecule has 0 fully saturated rings. The monoisotopic (exact) mass is 257 g/mol. The molecule has 0 radical (unpaired) electrons. The maximum absolute atomic E-state index is 13.7. The zero-order valence-electron chi connectivity index (χ0n) is 11.7. The van der Waals surface area contributed by atoms with Gasteiger partial charge in [-0.3, -0.25) is 0 Å². The Labute approximate surface area is 114 Å². The van der Waals surface area contributed by atoms with Crippen molar-refractivity contribution >= 4 is 0 Å². The number of benzene rings is 2. The van der Waals surface area contributed by atoms with Crippen molar-refractivity contribution in [2.24, 2.45) is 0 Å². The Morgan fingerprint density at radius 1 is 0.842 bits per heavy atom. The quantitative estimate of drug-likeness (QED) is 0.847. The first-order valence-corrected chi connectivity index (χ1v) is 6.65. The van der Waals surface area contributed by atoms with Crippen LogP contribution in [-0.2, 0) is 0 Å². The van der Waals surface area contributed by atoms with E-state index in [4.69, 9.17) is 0 Å². The molecular weight excluding hydrogens is 237 g/mol. The number of halogens is 1. The number of hydrogen-bond acceptors (Lipinski definition) is 1. The number of nitrogens with one attached hydrogen (secondary N) is 1. The molecule has 0 amide bonds. The summed E-state index contributed by atoms with van der Waals surface area (Å²) in [5, 5.41) is 3.45. The molecule has 0 spiro atoms. The smallest absolute Gasteiger partial charge is 0.127 e. The van der Waals surface area contributed by atoms with Gasteiger partial charge in [0.05, 0.1) is 0 Å². The van der Waals surface area contributed by atoms with Gasteiger partial charge in [0.1, 0.15) is 5.82 Å². The molecule has 0 aliphatic carbocycles. The van der Waals surface area contributed by atoms with E-state index in [2.05, 4.69) is 31.3 Å². The van der Waals surface area contributed by atoms with E-state index in [1.165, 1.54) is 17.2 Å². The van der Waals surface area contributed by atoms with Crippen molar-refractivity contribution in [1.82, 2.24) is 5.32 Å². The first-order valence-electron chi connectivity index (χ1n) is 6.65. The molecule has 1 N–H and O–H groups in total. The second-order valence-electron chi connectivity index (χ2n) is 4.99. The van der Waals surface area contributed by atoms with Crippen LogP contribution >= 0.6 is 0 Å². The normalized spacial score (nSPS) is 14.1. The van der Waals surface area contributed by atoms with Crippen LogP contribution in [0.5, 0.6) is 0 Å². The summed E-state index contributed by atoms with van der Waals surface area (Å²) in [6.07, 6.45) is 0. The summed E-state index contributed by atoms with van der Waals surface area (Å²) in [7, 11) is 0. The highest BCUT2D eigenvalue weighted by Crippen LogP contribution is 2.23. The molecule has 0 aliphatic rings. The second kappa shape index (κ2) is 5.98. The average Bonchev–Trinajstić information content (AvgIpc) is 2.39. The van der Waals surface area contributed by atoms with Crippen LogP contribution in [-0.4, -0.2) is 0 Å². The van der Waals surface area contributed by atoms with E-state index in [1.807, 2.05) is 31.2 Å². The molecule has 0 saturated carbocycles. The highest BCUT2D eigenvalue weighted by Gasteiger charge is 2.14. The van der Waals surface area contributed by atoms with Crippen LogP contribution in [0.3, 0.4) is 0 Å². The summed E-state index contributed by atoms with van der Waals surface area (Å²) < 4.78 is 13.7. The molecule has 2 heteroatoms. The summed E-state index contributed by atoms with van der Waals surface area (Å²) in [5.41, 5.74) is 3.22. The van der Waals surface area contributed by atoms with Gasteiger partial charge in [-0.2, -0.15) is 0 Å². The Hall–Kier alpha value is -1.67. The molecule has 0 saturated heterocycles. The Morgan fingerprint density at radius 2 is 1.37 bits per heavy atom. The molecule has 1 unspecified atom stereocenters. The van der Waals surface area contributed by atoms with Gasteiger partial charge in [0.2, 0.25) is 0 Å². The van der Waals surface area contributed by atoms with Gasteiger partial charge in [-0.25, -0.2) is 4.39 Å². The lowest BCUT2D eigenvalue weighted by Gasteiger charge is -2.22. The summed E-state index contributed by atoms with van der Waals surface area (Å²) in [4.78, 5) is 0. The van der Waals surface area contributed by atoms with Gasteiger partial charge in [-0.15, -0.1) is 0 Å². The van der Waals surface area contributed by atoms with Crippen molar-refractivity contribution in [1.29, 1.82) is 0 Å². The van der Waals surface area contributed by atoms with Crippen LogP contribution in [0.25, 0.3) is 0 Å². The predicted octanol–water partition coefficient (Wildman–Crippen LogP) is 4.55. The third-order valence-electron chi connectivity index (χ3n) is 3.53. The molecule has 0 bridgehead atoms. The van der Waals surface area contributed by atoms with Crippen molar-refractivity contribution in [3.63, 3.8) is 0 Å². The van der Waals surface area contributed by atoms with E-state index >= 15 is 0 Å². The number of aryl methyl sites for hydroxylation is 1. The standard InChI is InChI=1S/C17H20FN/c1-12-8-4-5-9-15(12)13(2)19-14(3)16-10-6-7-11-17(16)18/h4-11,13-14,19H,1-3H3/t13?,14-/m1/s1. The van der Waals surface area contributed by atoms with Crippen LogP contribution in [0.1, 0.15) is 42.6 Å². The van der Waals surface area contributed by atoms with E-state index in [0.29, 0.717) is 5.56 Å². The average molecular weight is 257 g/mol. The van der Waals surface area contributed by atoms with Crippen molar-refractivity contribution in [3.8, 4) is 0 Å². The van der Waals surface area contributed by atoms with Crippen LogP contribution in [0, 0.1) is 12.7 Å². The van der Waals surface area contributed by atoms with E-state index in [0.717, 1.165) is 0 Å². The van der Waals surface area contributed by atoms with Crippen LogP contribution in [0.15, 0.2) is 48.5 Å². The Balaban J connectivity index is 2.13. The topological polar surface area (TPSA) is 12.0 Å². The van der Waals surface area contributed by atoms with E-state index in [9.17, 15) is 4.39 Å². The first-order chi connectivity index (χ1) is 9.09. The molecule has 0 aliphatic heterocycles. The lowest BCUT2D eigenvalue weighted by molar-refractivity contribution is 0.473. The maximum Gasteiger partial charge on any atom is 0.127 e. The maximum atomic E-state index is 13.7. The summed E-state index contributed by atoms with van der Waals surface area (Å²) in [5.74, 6) is -0.153. The van der Waals surface area contributed by atoms with Gasteiger partial charge in [0, 0.05) is 17.6 Å². The van der Waals surface area contributed by atoms with Gasteiger partial charge in [-0.1, -0.05) is 42.5 Å². The fraction of sp³-hybridized carbons (Fsp3) is 0.294. The molecular formula is C17H20FN. The van der Waals surface area contributed by atoms with Crippen LogP contribution < -0.4 is 5.32 Å². The van der Waals surface area contributed by atoms with Crippen molar-refractivity contribution in [3.05, 3.63) is 71.0 Å². The molecule has 100 valence electrons. The van der Waals surface area contributed by atoms with E-state index in [1.54, 1.807) is 6.07 Å². The van der Waals surface area contributed by atoms with Gasteiger partial charge >= 0.3 is 0 Å². The van der Waals surface area contributed by atoms with Gasteiger partial charge in [0.15, 0.2) is 0 Å². The minimum Gasteiger partial charge on any atom is -0.304 e. The Kier molecular flexibility index (Phi) is 4.33. The largest absolute Gasteiger partial charge is 0.304 e. The zero-order valence-corrected chi connectivity index (χ0v) is 11.7. The lowest BCUT2D eigenvalue weighted by Crippen LogP contribution is -2.23. The molecule has 2 atom stereocenters. The molecule has 2 aromatic rings. The third kappa shape index (κ3) is 3.21.